The molecule has 0 spiro atoms. The van der Waals surface area contributed by atoms with Crippen LogP contribution in [0.4, 0.5) is 8.78 Å². The van der Waals surface area contributed by atoms with E-state index in [-0.39, 0.29) is 10.0 Å². The molecule has 0 amide bonds. The monoisotopic (exact) mass is 467 g/mol. The van der Waals surface area contributed by atoms with Crippen LogP contribution >= 0.6 is 47.8 Å². The summed E-state index contributed by atoms with van der Waals surface area (Å²) in [5, 5.41) is 3.01. The molecule has 0 saturated carbocycles. The highest BCUT2D eigenvalue weighted by Gasteiger charge is 2.19. The van der Waals surface area contributed by atoms with E-state index in [1.165, 1.54) is 6.07 Å². The Labute approximate surface area is 141 Å². The maximum Gasteiger partial charge on any atom is 0.137 e. The Morgan fingerprint density at radius 2 is 1.50 bits per heavy atom. The van der Waals surface area contributed by atoms with Gasteiger partial charge in [-0.05, 0) is 58.9 Å². The van der Waals surface area contributed by atoms with Gasteiger partial charge in [-0.3, -0.25) is 0 Å². The number of rotatable bonds is 3. The molecule has 0 saturated heterocycles. The minimum Gasteiger partial charge on any atom is -0.309 e. The van der Waals surface area contributed by atoms with Gasteiger partial charge in [-0.2, -0.15) is 0 Å². The molecule has 0 aliphatic carbocycles. The smallest absolute Gasteiger partial charge is 0.137 e. The maximum atomic E-state index is 14.1. The highest BCUT2D eigenvalue weighted by molar-refractivity contribution is 9.11. The van der Waals surface area contributed by atoms with Gasteiger partial charge in [-0.1, -0.05) is 31.9 Å². The Morgan fingerprint density at radius 3 is 2.05 bits per heavy atom. The second-order valence-corrected chi connectivity index (χ2v) is 6.90. The van der Waals surface area contributed by atoms with E-state index in [0.29, 0.717) is 0 Å². The van der Waals surface area contributed by atoms with E-state index in [2.05, 4.69) is 53.1 Å². The minimum absolute atomic E-state index is 0.115. The van der Waals surface area contributed by atoms with Crippen molar-refractivity contribution in [2.45, 2.75) is 6.04 Å². The zero-order valence-corrected chi connectivity index (χ0v) is 15.1. The number of benzene rings is 2. The highest BCUT2D eigenvalue weighted by atomic mass is 79.9. The molecule has 0 bridgehead atoms. The van der Waals surface area contributed by atoms with Crippen molar-refractivity contribution in [2.24, 2.45) is 0 Å². The fraction of sp³-hybridized carbons (Fsp3) is 0.143. The Balaban J connectivity index is 2.55. The van der Waals surface area contributed by atoms with Crippen LogP contribution in [0, 0.1) is 11.6 Å². The van der Waals surface area contributed by atoms with Crippen LogP contribution < -0.4 is 5.32 Å². The van der Waals surface area contributed by atoms with Gasteiger partial charge >= 0.3 is 0 Å². The first-order chi connectivity index (χ1) is 9.42. The van der Waals surface area contributed by atoms with Crippen molar-refractivity contribution < 1.29 is 8.78 Å². The van der Waals surface area contributed by atoms with E-state index in [4.69, 9.17) is 0 Å². The molecular formula is C14H10Br3F2N. The molecule has 1 unspecified atom stereocenters. The van der Waals surface area contributed by atoms with Crippen molar-refractivity contribution in [2.75, 3.05) is 7.05 Å². The molecule has 20 heavy (non-hydrogen) atoms. The Kier molecular flexibility index (Phi) is 5.34. The fourth-order valence-electron chi connectivity index (χ4n) is 2.00. The summed E-state index contributed by atoms with van der Waals surface area (Å²) in [5.41, 5.74) is 1.09. The fourth-order valence-corrected chi connectivity index (χ4v) is 3.65. The van der Waals surface area contributed by atoms with Crippen molar-refractivity contribution >= 4 is 47.8 Å². The third-order valence-electron chi connectivity index (χ3n) is 2.86. The zero-order valence-electron chi connectivity index (χ0n) is 10.4. The average Bonchev–Trinajstić information content (AvgIpc) is 2.35. The van der Waals surface area contributed by atoms with Gasteiger partial charge in [0.2, 0.25) is 0 Å². The molecule has 2 rings (SSSR count). The van der Waals surface area contributed by atoms with Crippen molar-refractivity contribution in [3.63, 3.8) is 0 Å². The van der Waals surface area contributed by atoms with E-state index in [1.54, 1.807) is 7.05 Å². The summed E-state index contributed by atoms with van der Waals surface area (Å²) >= 11 is 9.77. The van der Waals surface area contributed by atoms with Gasteiger partial charge in [-0.25, -0.2) is 8.78 Å². The number of hydrogen-bond donors (Lipinski definition) is 1. The molecule has 106 valence electrons. The first-order valence-electron chi connectivity index (χ1n) is 5.70. The van der Waals surface area contributed by atoms with Gasteiger partial charge in [-0.15, -0.1) is 0 Å². The summed E-state index contributed by atoms with van der Waals surface area (Å²) in [6.07, 6.45) is 0. The first kappa shape index (κ1) is 16.1. The predicted molar refractivity (Wildman–Crippen MR) is 86.8 cm³/mol. The molecule has 1 N–H and O–H groups in total. The van der Waals surface area contributed by atoms with Crippen LogP contribution in [-0.2, 0) is 0 Å². The quantitative estimate of drug-likeness (QED) is 0.580. The van der Waals surface area contributed by atoms with Crippen molar-refractivity contribution in [3.8, 4) is 0 Å². The highest BCUT2D eigenvalue weighted by Crippen LogP contribution is 2.31. The molecule has 2 aromatic rings. The molecule has 0 aromatic heterocycles. The topological polar surface area (TPSA) is 12.0 Å². The lowest BCUT2D eigenvalue weighted by molar-refractivity contribution is 0.554. The van der Waals surface area contributed by atoms with Crippen LogP contribution in [0.2, 0.25) is 0 Å². The Bertz CT molecular complexity index is 626. The van der Waals surface area contributed by atoms with Gasteiger partial charge < -0.3 is 5.32 Å². The summed E-state index contributed by atoms with van der Waals surface area (Å²) in [4.78, 5) is 0. The van der Waals surface area contributed by atoms with E-state index < -0.39 is 17.7 Å². The number of halogens is 5. The molecule has 0 aliphatic heterocycles. The summed E-state index contributed by atoms with van der Waals surface area (Å²) in [5.74, 6) is -0.954. The summed E-state index contributed by atoms with van der Waals surface area (Å²) in [7, 11) is 1.71. The van der Waals surface area contributed by atoms with Crippen molar-refractivity contribution in [1.29, 1.82) is 0 Å². The molecule has 0 aliphatic rings. The second-order valence-electron chi connectivity index (χ2n) is 4.21. The average molecular weight is 470 g/mol. The van der Waals surface area contributed by atoms with Crippen molar-refractivity contribution in [3.05, 3.63) is 66.5 Å². The Hall–Kier alpha value is -0.300. The van der Waals surface area contributed by atoms with Crippen LogP contribution in [0.1, 0.15) is 17.2 Å². The lowest BCUT2D eigenvalue weighted by Crippen LogP contribution is -2.19. The van der Waals surface area contributed by atoms with E-state index in [0.717, 1.165) is 20.6 Å². The second kappa shape index (κ2) is 6.64. The SMILES string of the molecule is CNC(c1cc(Br)cc(Br)c1)c1cc(F)c(Br)cc1F. The van der Waals surface area contributed by atoms with Crippen LogP contribution in [0.25, 0.3) is 0 Å². The zero-order chi connectivity index (χ0) is 14.9. The van der Waals surface area contributed by atoms with Gasteiger partial charge in [0.25, 0.3) is 0 Å². The maximum absolute atomic E-state index is 14.1. The minimum atomic E-state index is -0.490. The number of hydrogen-bond acceptors (Lipinski definition) is 1. The van der Waals surface area contributed by atoms with Gasteiger partial charge in [0.1, 0.15) is 11.6 Å². The molecule has 0 radical (unpaired) electrons. The van der Waals surface area contributed by atoms with Crippen LogP contribution in [0.5, 0.6) is 0 Å². The molecule has 2 aromatic carbocycles. The summed E-state index contributed by atoms with van der Waals surface area (Å²) < 4.78 is 29.6. The largest absolute Gasteiger partial charge is 0.309 e. The third kappa shape index (κ3) is 3.47. The summed E-state index contributed by atoms with van der Waals surface area (Å²) in [6.45, 7) is 0. The van der Waals surface area contributed by atoms with Crippen molar-refractivity contribution in [1.82, 2.24) is 5.32 Å². The predicted octanol–water partition coefficient (Wildman–Crippen LogP) is 5.56. The first-order valence-corrected chi connectivity index (χ1v) is 8.08. The third-order valence-corrected chi connectivity index (χ3v) is 4.38. The normalized spacial score (nSPS) is 12.5. The summed E-state index contributed by atoms with van der Waals surface area (Å²) in [6, 6.07) is 7.52. The van der Waals surface area contributed by atoms with Crippen LogP contribution in [0.3, 0.4) is 0 Å². The molecule has 0 heterocycles. The lowest BCUT2D eigenvalue weighted by Gasteiger charge is -2.19. The molecular weight excluding hydrogens is 460 g/mol. The molecule has 0 fully saturated rings. The van der Waals surface area contributed by atoms with Gasteiger partial charge in [0, 0.05) is 14.5 Å². The van der Waals surface area contributed by atoms with Crippen LogP contribution in [-0.4, -0.2) is 7.05 Å². The van der Waals surface area contributed by atoms with E-state index in [9.17, 15) is 8.78 Å². The van der Waals surface area contributed by atoms with E-state index >= 15 is 0 Å². The molecule has 1 atom stereocenters. The van der Waals surface area contributed by atoms with Gasteiger partial charge in [0.05, 0.1) is 10.5 Å². The Morgan fingerprint density at radius 1 is 0.900 bits per heavy atom. The standard InChI is InChI=1S/C14H10Br3F2N/c1-20-14(7-2-8(15)4-9(16)3-7)10-5-13(19)11(17)6-12(10)18/h2-6,14,20H,1H3. The molecule has 6 heteroatoms. The lowest BCUT2D eigenvalue weighted by atomic mass is 9.98. The number of nitrogens with one attached hydrogen (secondary N) is 1. The van der Waals surface area contributed by atoms with E-state index in [1.807, 2.05) is 18.2 Å². The van der Waals surface area contributed by atoms with Crippen LogP contribution in [0.15, 0.2) is 43.7 Å². The van der Waals surface area contributed by atoms with Gasteiger partial charge in [0.15, 0.2) is 0 Å². The molecule has 1 nitrogen and oxygen atoms in total.